The van der Waals surface area contributed by atoms with Crippen molar-refractivity contribution < 1.29 is 4.79 Å². The van der Waals surface area contributed by atoms with Crippen LogP contribution in [-0.2, 0) is 26.4 Å². The molecule has 0 bridgehead atoms. The predicted octanol–water partition coefficient (Wildman–Crippen LogP) is 1.48. The van der Waals surface area contributed by atoms with Gasteiger partial charge in [0.1, 0.15) is 5.69 Å². The van der Waals surface area contributed by atoms with Crippen LogP contribution in [0.1, 0.15) is 32.2 Å². The molecule has 0 atom stereocenters. The van der Waals surface area contributed by atoms with Crippen molar-refractivity contribution in [2.45, 2.75) is 25.8 Å². The number of nitrogen functional groups attached to an aromatic ring is 1. The molecule has 5 nitrogen and oxygen atoms in total. The second-order valence-electron chi connectivity index (χ2n) is 4.77. The molecule has 100 valence electrons. The second-order valence-corrected chi connectivity index (χ2v) is 5.99. The molecule has 0 unspecified atom stereocenters. The summed E-state index contributed by atoms with van der Waals surface area (Å²) in [4.78, 5) is 14.7. The monoisotopic (exact) mass is 276 g/mol. The van der Waals surface area contributed by atoms with Crippen molar-refractivity contribution in [3.05, 3.63) is 33.3 Å². The molecule has 0 saturated heterocycles. The maximum absolute atomic E-state index is 12.0. The van der Waals surface area contributed by atoms with Crippen LogP contribution in [-0.4, -0.2) is 15.7 Å². The highest BCUT2D eigenvalue weighted by Crippen LogP contribution is 2.30. The minimum absolute atomic E-state index is 0.175. The average Bonchev–Trinajstić information content (AvgIpc) is 3.01. The Hall–Kier alpha value is -1.82. The van der Waals surface area contributed by atoms with E-state index in [1.165, 1.54) is 45.5 Å². The molecule has 2 aromatic rings. The van der Waals surface area contributed by atoms with Crippen LogP contribution in [0, 0.1) is 0 Å². The fourth-order valence-corrected chi connectivity index (χ4v) is 3.66. The quantitative estimate of drug-likeness (QED) is 0.892. The topological polar surface area (TPSA) is 72.9 Å². The number of hydrogen-bond donors (Lipinski definition) is 2. The number of thiophene rings is 1. The molecule has 0 fully saturated rings. The van der Waals surface area contributed by atoms with Crippen LogP contribution in [0.5, 0.6) is 0 Å². The molecule has 0 aliphatic heterocycles. The van der Waals surface area contributed by atoms with Crippen molar-refractivity contribution in [2.24, 2.45) is 7.05 Å². The van der Waals surface area contributed by atoms with Crippen molar-refractivity contribution in [3.63, 3.8) is 0 Å². The van der Waals surface area contributed by atoms with Gasteiger partial charge in [0.25, 0.3) is 5.91 Å². The maximum atomic E-state index is 12.0. The number of aryl methyl sites for hydroxylation is 3. The summed E-state index contributed by atoms with van der Waals surface area (Å²) < 4.78 is 1.50. The van der Waals surface area contributed by atoms with Gasteiger partial charge in [-0.15, -0.1) is 11.3 Å². The van der Waals surface area contributed by atoms with Gasteiger partial charge in [-0.2, -0.15) is 5.10 Å². The number of anilines is 1. The molecule has 2 heterocycles. The summed E-state index contributed by atoms with van der Waals surface area (Å²) in [6, 6.07) is 2.21. The second kappa shape index (κ2) is 4.70. The molecule has 1 aliphatic rings. The summed E-state index contributed by atoms with van der Waals surface area (Å²) in [6.07, 6.45) is 5.12. The first kappa shape index (κ1) is 12.2. The lowest BCUT2D eigenvalue weighted by Crippen LogP contribution is -2.25. The largest absolute Gasteiger partial charge is 0.396 e. The molecular weight excluding hydrogens is 260 g/mol. The van der Waals surface area contributed by atoms with E-state index in [2.05, 4.69) is 16.5 Å². The van der Waals surface area contributed by atoms with Gasteiger partial charge in [-0.1, -0.05) is 0 Å². The molecule has 0 spiro atoms. The fourth-order valence-electron chi connectivity index (χ4n) is 2.46. The minimum Gasteiger partial charge on any atom is -0.396 e. The van der Waals surface area contributed by atoms with E-state index >= 15 is 0 Å². The molecule has 6 heteroatoms. The van der Waals surface area contributed by atoms with Crippen LogP contribution in [0.4, 0.5) is 5.69 Å². The number of aromatic nitrogens is 2. The van der Waals surface area contributed by atoms with Gasteiger partial charge in [0.05, 0.1) is 18.4 Å². The number of nitrogens with zero attached hydrogens (tertiary/aromatic N) is 2. The number of carbonyl (C=O) groups excluding carboxylic acids is 1. The number of nitrogens with two attached hydrogens (primary N) is 1. The zero-order chi connectivity index (χ0) is 13.4. The highest BCUT2D eigenvalue weighted by atomic mass is 32.1. The standard InChI is InChI=1S/C13H16N4OS/c1-17-12(10(14)7-16-17)13(18)15-6-9-5-8-3-2-4-11(8)19-9/h5,7H,2-4,6,14H2,1H3,(H,15,18). The molecule has 2 aromatic heterocycles. The Morgan fingerprint density at radius 2 is 2.42 bits per heavy atom. The van der Waals surface area contributed by atoms with Crippen molar-refractivity contribution in [3.8, 4) is 0 Å². The van der Waals surface area contributed by atoms with Crippen molar-refractivity contribution in [2.75, 3.05) is 5.73 Å². The Morgan fingerprint density at radius 1 is 1.58 bits per heavy atom. The summed E-state index contributed by atoms with van der Waals surface area (Å²) >= 11 is 1.80. The van der Waals surface area contributed by atoms with Crippen molar-refractivity contribution in [1.82, 2.24) is 15.1 Å². The van der Waals surface area contributed by atoms with Gasteiger partial charge in [-0.3, -0.25) is 9.48 Å². The summed E-state index contributed by atoms with van der Waals surface area (Å²) in [5.41, 5.74) is 8.01. The molecule has 3 rings (SSSR count). The Balaban J connectivity index is 1.67. The lowest BCUT2D eigenvalue weighted by molar-refractivity contribution is 0.0943. The van der Waals surface area contributed by atoms with Gasteiger partial charge in [0.2, 0.25) is 0 Å². The first-order valence-electron chi connectivity index (χ1n) is 6.31. The summed E-state index contributed by atoms with van der Waals surface area (Å²) in [5, 5.41) is 6.87. The van der Waals surface area contributed by atoms with Crippen molar-refractivity contribution >= 4 is 22.9 Å². The van der Waals surface area contributed by atoms with Crippen LogP contribution in [0.15, 0.2) is 12.3 Å². The molecule has 0 aromatic carbocycles. The van der Waals surface area contributed by atoms with Crippen LogP contribution in [0.25, 0.3) is 0 Å². The van der Waals surface area contributed by atoms with E-state index in [1.807, 2.05) is 0 Å². The van der Waals surface area contributed by atoms with Gasteiger partial charge in [-0.25, -0.2) is 0 Å². The SMILES string of the molecule is Cn1ncc(N)c1C(=O)NCc1cc2c(s1)CCC2. The number of hydrogen-bond acceptors (Lipinski definition) is 4. The summed E-state index contributed by atoms with van der Waals surface area (Å²) in [5.74, 6) is -0.175. The fraction of sp³-hybridized carbons (Fsp3) is 0.385. The normalized spacial score (nSPS) is 13.5. The number of carbonyl (C=O) groups is 1. The Morgan fingerprint density at radius 3 is 3.11 bits per heavy atom. The third kappa shape index (κ3) is 2.23. The van der Waals surface area contributed by atoms with E-state index in [0.717, 1.165) is 0 Å². The number of nitrogens with one attached hydrogen (secondary N) is 1. The Bertz CT molecular complexity index is 588. The van der Waals surface area contributed by atoms with E-state index in [0.29, 0.717) is 17.9 Å². The van der Waals surface area contributed by atoms with Crippen LogP contribution in [0.3, 0.4) is 0 Å². The Labute approximate surface area is 115 Å². The lowest BCUT2D eigenvalue weighted by Gasteiger charge is -2.05. The van der Waals surface area contributed by atoms with Crippen molar-refractivity contribution in [1.29, 1.82) is 0 Å². The van der Waals surface area contributed by atoms with E-state index < -0.39 is 0 Å². The highest BCUT2D eigenvalue weighted by molar-refractivity contribution is 7.12. The summed E-state index contributed by atoms with van der Waals surface area (Å²) in [6.45, 7) is 0.557. The molecular formula is C13H16N4OS. The molecule has 19 heavy (non-hydrogen) atoms. The van der Waals surface area contributed by atoms with E-state index in [1.54, 1.807) is 18.4 Å². The van der Waals surface area contributed by atoms with Gasteiger partial charge >= 0.3 is 0 Å². The maximum Gasteiger partial charge on any atom is 0.271 e. The molecule has 3 N–H and O–H groups in total. The number of amides is 1. The lowest BCUT2D eigenvalue weighted by atomic mass is 10.2. The van der Waals surface area contributed by atoms with Crippen LogP contribution >= 0.6 is 11.3 Å². The Kier molecular flexibility index (Phi) is 3.02. The molecule has 1 aliphatic carbocycles. The number of fused-ring (bicyclic) bond motifs is 1. The zero-order valence-corrected chi connectivity index (χ0v) is 11.6. The third-order valence-electron chi connectivity index (χ3n) is 3.40. The summed E-state index contributed by atoms with van der Waals surface area (Å²) in [7, 11) is 1.71. The number of rotatable bonds is 3. The van der Waals surface area contributed by atoms with E-state index in [4.69, 9.17) is 5.73 Å². The zero-order valence-electron chi connectivity index (χ0n) is 10.8. The van der Waals surface area contributed by atoms with E-state index in [9.17, 15) is 4.79 Å². The molecule has 0 radical (unpaired) electrons. The van der Waals surface area contributed by atoms with Crippen LogP contribution in [0.2, 0.25) is 0 Å². The average molecular weight is 276 g/mol. The molecule has 0 saturated carbocycles. The highest BCUT2D eigenvalue weighted by Gasteiger charge is 2.17. The van der Waals surface area contributed by atoms with E-state index in [-0.39, 0.29) is 5.91 Å². The first-order chi connectivity index (χ1) is 9.15. The van der Waals surface area contributed by atoms with Gasteiger partial charge in [0.15, 0.2) is 0 Å². The van der Waals surface area contributed by atoms with Gasteiger partial charge < -0.3 is 11.1 Å². The molecule has 1 amide bonds. The van der Waals surface area contributed by atoms with Crippen LogP contribution < -0.4 is 11.1 Å². The minimum atomic E-state index is -0.175. The first-order valence-corrected chi connectivity index (χ1v) is 7.13. The predicted molar refractivity (Wildman–Crippen MR) is 75.1 cm³/mol. The smallest absolute Gasteiger partial charge is 0.271 e. The van der Waals surface area contributed by atoms with Gasteiger partial charge in [0, 0.05) is 16.8 Å². The third-order valence-corrected chi connectivity index (χ3v) is 4.64. The van der Waals surface area contributed by atoms with Gasteiger partial charge in [-0.05, 0) is 30.9 Å².